The average molecular weight is 517 g/mol. The Kier molecular flexibility index (Phi) is 7.02. The Hall–Kier alpha value is -4.55. The molecule has 1 atom stereocenters. The summed E-state index contributed by atoms with van der Waals surface area (Å²) in [6.45, 7) is 2.07. The fourth-order valence-corrected chi connectivity index (χ4v) is 5.29. The number of fused-ring (bicyclic) bond motifs is 1. The number of hydrogen-bond donors (Lipinski definition) is 3. The summed E-state index contributed by atoms with van der Waals surface area (Å²) >= 11 is 0. The second-order valence-corrected chi connectivity index (χ2v) is 10.1. The number of amides is 1. The minimum absolute atomic E-state index is 0.137. The van der Waals surface area contributed by atoms with E-state index in [-0.39, 0.29) is 12.5 Å². The largest absolute Gasteiger partial charge is 0.396 e. The molecule has 1 unspecified atom stereocenters. The van der Waals surface area contributed by atoms with Gasteiger partial charge >= 0.3 is 0 Å². The van der Waals surface area contributed by atoms with Gasteiger partial charge in [0, 0.05) is 59.9 Å². The van der Waals surface area contributed by atoms with E-state index in [1.807, 2.05) is 48.5 Å². The third-order valence-electron chi connectivity index (χ3n) is 7.45. The summed E-state index contributed by atoms with van der Waals surface area (Å²) in [6, 6.07) is 34.2. The number of rotatable bonds is 7. The summed E-state index contributed by atoms with van der Waals surface area (Å²) in [4.78, 5) is 15.1. The first kappa shape index (κ1) is 24.8. The van der Waals surface area contributed by atoms with Crippen molar-refractivity contribution in [1.29, 1.82) is 0 Å². The van der Waals surface area contributed by atoms with Crippen molar-refractivity contribution >= 4 is 39.6 Å². The zero-order valence-electron chi connectivity index (χ0n) is 21.8. The van der Waals surface area contributed by atoms with Crippen LogP contribution in [-0.2, 0) is 0 Å². The summed E-state index contributed by atoms with van der Waals surface area (Å²) in [5, 5.41) is 17.1. The lowest BCUT2D eigenvalue weighted by Crippen LogP contribution is -2.36. The Morgan fingerprint density at radius 2 is 1.46 bits per heavy atom. The van der Waals surface area contributed by atoms with Crippen LogP contribution in [0.25, 0.3) is 16.6 Å². The number of aromatic nitrogens is 1. The second kappa shape index (κ2) is 11.1. The lowest BCUT2D eigenvalue weighted by Gasteiger charge is -2.33. The SMILES string of the molecule is O=C(Nc1ccc(Nc2ccc(-n3ccc4ccccc43)cc2)cc1)c1ccc(N2CCCC(CO)C2)cc1. The van der Waals surface area contributed by atoms with Gasteiger partial charge in [0.15, 0.2) is 0 Å². The number of hydrogen-bond acceptors (Lipinski definition) is 4. The Bertz CT molecular complexity index is 1560. The Labute approximate surface area is 228 Å². The zero-order valence-corrected chi connectivity index (χ0v) is 21.8. The molecular formula is C33H32N4O2. The van der Waals surface area contributed by atoms with Crippen molar-refractivity contribution in [2.45, 2.75) is 12.8 Å². The molecule has 1 amide bonds. The number of nitrogens with zero attached hydrogens (tertiary/aromatic N) is 2. The molecule has 0 bridgehead atoms. The van der Waals surface area contributed by atoms with Crippen LogP contribution in [0.2, 0.25) is 0 Å². The molecule has 6 nitrogen and oxygen atoms in total. The highest BCUT2D eigenvalue weighted by Gasteiger charge is 2.19. The molecule has 1 saturated heterocycles. The Morgan fingerprint density at radius 3 is 2.21 bits per heavy atom. The van der Waals surface area contributed by atoms with Gasteiger partial charge in [-0.15, -0.1) is 0 Å². The van der Waals surface area contributed by atoms with Crippen molar-refractivity contribution in [3.05, 3.63) is 115 Å². The Morgan fingerprint density at radius 1 is 0.795 bits per heavy atom. The van der Waals surface area contributed by atoms with E-state index in [1.54, 1.807) is 0 Å². The number of anilines is 4. The quantitative estimate of drug-likeness (QED) is 0.222. The molecule has 0 spiro atoms. The van der Waals surface area contributed by atoms with Crippen molar-refractivity contribution in [3.63, 3.8) is 0 Å². The molecule has 1 aliphatic rings. The standard InChI is InChI=1S/C33H32N4O2/c38-23-24-4-3-20-36(22-24)30-15-7-26(8-16-30)33(39)35-29-11-9-27(10-12-29)34-28-13-17-31(18-14-28)37-21-19-25-5-1-2-6-32(25)37/h1-2,5-19,21,24,34,38H,3-4,20,22-23H2,(H,35,39). The molecule has 6 heteroatoms. The number of aliphatic hydroxyl groups is 1. The molecule has 196 valence electrons. The monoisotopic (exact) mass is 516 g/mol. The van der Waals surface area contributed by atoms with Crippen LogP contribution in [0, 0.1) is 5.92 Å². The molecular weight excluding hydrogens is 484 g/mol. The number of nitrogens with one attached hydrogen (secondary N) is 2. The topological polar surface area (TPSA) is 69.5 Å². The number of piperidine rings is 1. The molecule has 4 aromatic carbocycles. The summed E-state index contributed by atoms with van der Waals surface area (Å²) in [6.07, 6.45) is 4.24. The van der Waals surface area contributed by atoms with Crippen LogP contribution in [0.15, 0.2) is 109 Å². The lowest BCUT2D eigenvalue weighted by atomic mass is 9.98. The minimum atomic E-state index is -0.137. The molecule has 1 fully saturated rings. The van der Waals surface area contributed by atoms with Crippen molar-refractivity contribution in [3.8, 4) is 5.69 Å². The fraction of sp³-hybridized carbons (Fsp3) is 0.182. The van der Waals surface area contributed by atoms with Crippen LogP contribution < -0.4 is 15.5 Å². The predicted octanol–water partition coefficient (Wildman–Crippen LogP) is 6.84. The summed E-state index contributed by atoms with van der Waals surface area (Å²) in [5.41, 5.74) is 6.68. The summed E-state index contributed by atoms with van der Waals surface area (Å²) < 4.78 is 2.18. The fourth-order valence-electron chi connectivity index (χ4n) is 5.29. The maximum absolute atomic E-state index is 12.8. The lowest BCUT2D eigenvalue weighted by molar-refractivity contribution is 0.102. The maximum Gasteiger partial charge on any atom is 0.255 e. The second-order valence-electron chi connectivity index (χ2n) is 10.1. The van der Waals surface area contributed by atoms with Gasteiger partial charge in [-0.25, -0.2) is 0 Å². The third kappa shape index (κ3) is 5.52. The van der Waals surface area contributed by atoms with Crippen LogP contribution in [0.1, 0.15) is 23.2 Å². The van der Waals surface area contributed by atoms with Gasteiger partial charge in [0.25, 0.3) is 5.91 Å². The van der Waals surface area contributed by atoms with Gasteiger partial charge < -0.3 is 25.2 Å². The molecule has 1 aliphatic heterocycles. The maximum atomic E-state index is 12.8. The van der Waals surface area contributed by atoms with Gasteiger partial charge in [-0.1, -0.05) is 18.2 Å². The van der Waals surface area contributed by atoms with E-state index in [0.717, 1.165) is 54.4 Å². The molecule has 6 rings (SSSR count). The zero-order chi connectivity index (χ0) is 26.6. The van der Waals surface area contributed by atoms with Crippen molar-refractivity contribution < 1.29 is 9.90 Å². The van der Waals surface area contributed by atoms with Gasteiger partial charge in [0.2, 0.25) is 0 Å². The highest BCUT2D eigenvalue weighted by Crippen LogP contribution is 2.25. The van der Waals surface area contributed by atoms with E-state index in [1.165, 1.54) is 10.9 Å². The third-order valence-corrected chi connectivity index (χ3v) is 7.45. The van der Waals surface area contributed by atoms with Crippen LogP contribution in [-0.4, -0.2) is 35.3 Å². The number of para-hydroxylation sites is 1. The molecule has 3 N–H and O–H groups in total. The van der Waals surface area contributed by atoms with E-state index in [0.29, 0.717) is 11.5 Å². The predicted molar refractivity (Wildman–Crippen MR) is 159 cm³/mol. The summed E-state index contributed by atoms with van der Waals surface area (Å²) in [7, 11) is 0. The molecule has 0 radical (unpaired) electrons. The molecule has 39 heavy (non-hydrogen) atoms. The average Bonchev–Trinajstić information content (AvgIpc) is 3.43. The first-order valence-electron chi connectivity index (χ1n) is 13.5. The highest BCUT2D eigenvalue weighted by molar-refractivity contribution is 6.04. The number of benzene rings is 4. The van der Waals surface area contributed by atoms with Crippen LogP contribution in [0.5, 0.6) is 0 Å². The smallest absolute Gasteiger partial charge is 0.255 e. The minimum Gasteiger partial charge on any atom is -0.396 e. The number of carbonyl (C=O) groups is 1. The molecule has 5 aromatic rings. The van der Waals surface area contributed by atoms with Crippen molar-refractivity contribution in [1.82, 2.24) is 4.57 Å². The van der Waals surface area contributed by atoms with Crippen molar-refractivity contribution in [2.75, 3.05) is 35.2 Å². The van der Waals surface area contributed by atoms with Gasteiger partial charge in [-0.2, -0.15) is 0 Å². The first-order valence-corrected chi connectivity index (χ1v) is 13.5. The molecule has 2 heterocycles. The van der Waals surface area contributed by atoms with Gasteiger partial charge in [0.05, 0.1) is 5.52 Å². The van der Waals surface area contributed by atoms with Crippen LogP contribution >= 0.6 is 0 Å². The molecule has 1 aromatic heterocycles. The van der Waals surface area contributed by atoms with Crippen LogP contribution in [0.4, 0.5) is 22.7 Å². The first-order chi connectivity index (χ1) is 19.2. The Balaban J connectivity index is 1.06. The molecule has 0 saturated carbocycles. The van der Waals surface area contributed by atoms with Gasteiger partial charge in [-0.05, 0) is 109 Å². The number of aliphatic hydroxyl groups excluding tert-OH is 1. The highest BCUT2D eigenvalue weighted by atomic mass is 16.3. The van der Waals surface area contributed by atoms with Crippen molar-refractivity contribution in [2.24, 2.45) is 5.92 Å². The van der Waals surface area contributed by atoms with Crippen LogP contribution in [0.3, 0.4) is 0 Å². The molecule has 0 aliphatic carbocycles. The normalized spacial score (nSPS) is 15.3. The van der Waals surface area contributed by atoms with E-state index in [4.69, 9.17) is 0 Å². The van der Waals surface area contributed by atoms with E-state index in [9.17, 15) is 9.90 Å². The van der Waals surface area contributed by atoms with Gasteiger partial charge in [0.1, 0.15) is 0 Å². The van der Waals surface area contributed by atoms with E-state index >= 15 is 0 Å². The number of carbonyl (C=O) groups excluding carboxylic acids is 1. The van der Waals surface area contributed by atoms with E-state index in [2.05, 4.69) is 80.9 Å². The summed E-state index contributed by atoms with van der Waals surface area (Å²) in [5.74, 6) is 0.186. The van der Waals surface area contributed by atoms with Gasteiger partial charge in [-0.3, -0.25) is 4.79 Å². The van der Waals surface area contributed by atoms with E-state index < -0.39 is 0 Å².